The maximum absolute atomic E-state index is 3.79. The monoisotopic (exact) mass is 208 g/mol. The topological polar surface area (TPSA) is 0 Å². The fraction of sp³-hybridized carbons (Fsp3) is 0.125. The Morgan fingerprint density at radius 1 is 0.875 bits per heavy atom. The molecule has 0 radical (unpaired) electrons. The van der Waals surface area contributed by atoms with Gasteiger partial charge in [0, 0.05) is 0 Å². The molecule has 80 valence electrons. The largest absolute Gasteiger partial charge is 0.0985 e. The Bertz CT molecular complexity index is 521. The summed E-state index contributed by atoms with van der Waals surface area (Å²) in [6.07, 6.45) is 1.88. The maximum atomic E-state index is 3.79. The van der Waals surface area contributed by atoms with Gasteiger partial charge < -0.3 is 0 Å². The third kappa shape index (κ3) is 1.92. The van der Waals surface area contributed by atoms with Crippen LogP contribution < -0.4 is 0 Å². The first-order valence-corrected chi connectivity index (χ1v) is 5.51. The summed E-state index contributed by atoms with van der Waals surface area (Å²) in [6.45, 7) is 8.09. The summed E-state index contributed by atoms with van der Waals surface area (Å²) >= 11 is 0. The number of hydrogen-bond acceptors (Lipinski definition) is 0. The van der Waals surface area contributed by atoms with Crippen molar-refractivity contribution >= 4 is 6.08 Å². The number of aryl methyl sites for hydroxylation is 2. The summed E-state index contributed by atoms with van der Waals surface area (Å²) in [5.41, 5.74) is 6.41. The van der Waals surface area contributed by atoms with E-state index in [1.165, 1.54) is 27.8 Å². The molecular formula is C16H16. The van der Waals surface area contributed by atoms with Gasteiger partial charge in [-0.25, -0.2) is 0 Å². The van der Waals surface area contributed by atoms with E-state index in [-0.39, 0.29) is 0 Å². The highest BCUT2D eigenvalue weighted by Gasteiger charge is 2.04. The summed E-state index contributed by atoms with van der Waals surface area (Å²) < 4.78 is 0. The molecule has 0 unspecified atom stereocenters. The van der Waals surface area contributed by atoms with Gasteiger partial charge in [0.2, 0.25) is 0 Å². The van der Waals surface area contributed by atoms with Gasteiger partial charge in [0.25, 0.3) is 0 Å². The first-order valence-electron chi connectivity index (χ1n) is 5.51. The molecule has 0 saturated carbocycles. The molecule has 0 nitrogen and oxygen atoms in total. The normalized spacial score (nSPS) is 10.1. The number of hydrogen-bond donors (Lipinski definition) is 0. The molecule has 2 aromatic rings. The zero-order valence-electron chi connectivity index (χ0n) is 9.83. The number of benzene rings is 2. The van der Waals surface area contributed by atoms with Gasteiger partial charge in [-0.05, 0) is 41.7 Å². The molecule has 0 fully saturated rings. The van der Waals surface area contributed by atoms with E-state index in [2.05, 4.69) is 62.9 Å². The minimum atomic E-state index is 1.18. The molecule has 0 spiro atoms. The maximum Gasteiger partial charge on any atom is -0.0152 e. The van der Waals surface area contributed by atoms with Crippen molar-refractivity contribution in [3.63, 3.8) is 0 Å². The fourth-order valence-corrected chi connectivity index (χ4v) is 1.99. The van der Waals surface area contributed by atoms with Gasteiger partial charge in [-0.1, -0.05) is 55.1 Å². The SMILES string of the molecule is C=Cc1ccc(-c2ccccc2C)c(C)c1. The molecule has 0 bridgehead atoms. The fourth-order valence-electron chi connectivity index (χ4n) is 1.99. The van der Waals surface area contributed by atoms with Crippen molar-refractivity contribution in [2.75, 3.05) is 0 Å². The Kier molecular flexibility index (Phi) is 2.91. The average molecular weight is 208 g/mol. The van der Waals surface area contributed by atoms with E-state index in [0.29, 0.717) is 0 Å². The van der Waals surface area contributed by atoms with Crippen LogP contribution >= 0.6 is 0 Å². The molecular weight excluding hydrogens is 192 g/mol. The molecule has 0 aliphatic heterocycles. The van der Waals surface area contributed by atoms with E-state index in [9.17, 15) is 0 Å². The highest BCUT2D eigenvalue weighted by atomic mass is 14.1. The molecule has 0 heteroatoms. The van der Waals surface area contributed by atoms with E-state index in [1.54, 1.807) is 0 Å². The molecule has 0 N–H and O–H groups in total. The minimum Gasteiger partial charge on any atom is -0.0985 e. The zero-order chi connectivity index (χ0) is 11.5. The lowest BCUT2D eigenvalue weighted by Crippen LogP contribution is -1.87. The van der Waals surface area contributed by atoms with Crippen molar-refractivity contribution in [2.24, 2.45) is 0 Å². The molecule has 0 saturated heterocycles. The lowest BCUT2D eigenvalue weighted by atomic mass is 9.95. The second kappa shape index (κ2) is 4.36. The van der Waals surface area contributed by atoms with Gasteiger partial charge in [-0.3, -0.25) is 0 Å². The van der Waals surface area contributed by atoms with Crippen LogP contribution in [0.4, 0.5) is 0 Å². The van der Waals surface area contributed by atoms with Crippen molar-refractivity contribution < 1.29 is 0 Å². The molecule has 0 atom stereocenters. The first kappa shape index (κ1) is 10.7. The minimum absolute atomic E-state index is 1.18. The molecule has 2 rings (SSSR count). The lowest BCUT2D eigenvalue weighted by molar-refractivity contribution is 1.40. The van der Waals surface area contributed by atoms with Crippen LogP contribution in [-0.4, -0.2) is 0 Å². The van der Waals surface area contributed by atoms with E-state index in [1.807, 2.05) is 6.08 Å². The summed E-state index contributed by atoms with van der Waals surface area (Å²) in [4.78, 5) is 0. The van der Waals surface area contributed by atoms with Gasteiger partial charge >= 0.3 is 0 Å². The second-order valence-corrected chi connectivity index (χ2v) is 4.09. The quantitative estimate of drug-likeness (QED) is 0.676. The summed E-state index contributed by atoms with van der Waals surface area (Å²) in [5, 5.41) is 0. The van der Waals surface area contributed by atoms with Gasteiger partial charge in [-0.2, -0.15) is 0 Å². The van der Waals surface area contributed by atoms with E-state index >= 15 is 0 Å². The smallest absolute Gasteiger partial charge is 0.0152 e. The Labute approximate surface area is 97.3 Å². The average Bonchev–Trinajstić information content (AvgIpc) is 2.30. The van der Waals surface area contributed by atoms with Crippen molar-refractivity contribution in [1.82, 2.24) is 0 Å². The van der Waals surface area contributed by atoms with Crippen LogP contribution in [0.1, 0.15) is 16.7 Å². The van der Waals surface area contributed by atoms with E-state index in [0.717, 1.165) is 0 Å². The van der Waals surface area contributed by atoms with Crippen molar-refractivity contribution in [3.8, 4) is 11.1 Å². The van der Waals surface area contributed by atoms with Gasteiger partial charge in [0.1, 0.15) is 0 Å². The predicted octanol–water partition coefficient (Wildman–Crippen LogP) is 4.61. The van der Waals surface area contributed by atoms with Gasteiger partial charge in [0.15, 0.2) is 0 Å². The lowest BCUT2D eigenvalue weighted by Gasteiger charge is -2.09. The van der Waals surface area contributed by atoms with Crippen LogP contribution in [0, 0.1) is 13.8 Å². The van der Waals surface area contributed by atoms with Crippen molar-refractivity contribution in [1.29, 1.82) is 0 Å². The summed E-state index contributed by atoms with van der Waals surface area (Å²) in [7, 11) is 0. The molecule has 0 aromatic heterocycles. The Balaban J connectivity index is 2.57. The Morgan fingerprint density at radius 2 is 1.56 bits per heavy atom. The standard InChI is InChI=1S/C16H16/c1-4-14-9-10-16(13(3)11-14)15-8-6-5-7-12(15)2/h4-11H,1H2,2-3H3. The zero-order valence-corrected chi connectivity index (χ0v) is 9.83. The molecule has 0 amide bonds. The highest BCUT2D eigenvalue weighted by molar-refractivity contribution is 5.71. The summed E-state index contributed by atoms with van der Waals surface area (Å²) in [5.74, 6) is 0. The van der Waals surface area contributed by atoms with Gasteiger partial charge in [0.05, 0.1) is 0 Å². The molecule has 0 aliphatic carbocycles. The molecule has 0 aliphatic rings. The first-order chi connectivity index (χ1) is 7.72. The Morgan fingerprint density at radius 3 is 2.19 bits per heavy atom. The van der Waals surface area contributed by atoms with Crippen LogP contribution in [0.2, 0.25) is 0 Å². The van der Waals surface area contributed by atoms with Crippen LogP contribution in [0.15, 0.2) is 49.0 Å². The van der Waals surface area contributed by atoms with Crippen LogP contribution in [0.5, 0.6) is 0 Å². The second-order valence-electron chi connectivity index (χ2n) is 4.09. The molecule has 16 heavy (non-hydrogen) atoms. The molecule has 2 aromatic carbocycles. The van der Waals surface area contributed by atoms with E-state index in [4.69, 9.17) is 0 Å². The predicted molar refractivity (Wildman–Crippen MR) is 71.4 cm³/mol. The van der Waals surface area contributed by atoms with E-state index < -0.39 is 0 Å². The van der Waals surface area contributed by atoms with Crippen molar-refractivity contribution in [3.05, 3.63) is 65.7 Å². The number of rotatable bonds is 2. The molecule has 0 heterocycles. The third-order valence-electron chi connectivity index (χ3n) is 2.92. The van der Waals surface area contributed by atoms with Gasteiger partial charge in [-0.15, -0.1) is 0 Å². The highest BCUT2D eigenvalue weighted by Crippen LogP contribution is 2.27. The Hall–Kier alpha value is -1.82. The van der Waals surface area contributed by atoms with Crippen LogP contribution in [-0.2, 0) is 0 Å². The summed E-state index contributed by atoms with van der Waals surface area (Å²) in [6, 6.07) is 14.9. The van der Waals surface area contributed by atoms with Crippen LogP contribution in [0.3, 0.4) is 0 Å². The van der Waals surface area contributed by atoms with Crippen LogP contribution in [0.25, 0.3) is 17.2 Å². The third-order valence-corrected chi connectivity index (χ3v) is 2.92. The van der Waals surface area contributed by atoms with Crippen molar-refractivity contribution in [2.45, 2.75) is 13.8 Å².